The summed E-state index contributed by atoms with van der Waals surface area (Å²) in [7, 11) is 0. The number of pyridine rings is 1. The molecule has 3 aromatic rings. The lowest BCUT2D eigenvalue weighted by atomic mass is 10.1. The molecule has 0 spiro atoms. The zero-order valence-electron chi connectivity index (χ0n) is 12.8. The number of anilines is 1. The first kappa shape index (κ1) is 16.2. The molecule has 0 aliphatic carbocycles. The number of carbonyl (C=O) groups excluding carboxylic acids is 1. The number of hydrogen-bond donors (Lipinski definition) is 3. The number of halogens is 1. The van der Waals surface area contributed by atoms with Gasteiger partial charge in [0.1, 0.15) is 5.56 Å². The molecule has 6 nitrogen and oxygen atoms in total. The molecule has 1 aromatic carbocycles. The third kappa shape index (κ3) is 3.02. The van der Waals surface area contributed by atoms with Crippen molar-refractivity contribution < 1.29 is 14.3 Å². The van der Waals surface area contributed by atoms with E-state index in [0.29, 0.717) is 32.9 Å². The molecule has 2 aromatic heterocycles. The molecule has 0 saturated carbocycles. The Balaban J connectivity index is 2.05. The summed E-state index contributed by atoms with van der Waals surface area (Å²) in [5.41, 5.74) is 1.85. The third-order valence-electron chi connectivity index (χ3n) is 3.59. The van der Waals surface area contributed by atoms with Crippen LogP contribution in [-0.2, 0) is 6.61 Å². The van der Waals surface area contributed by atoms with Crippen LogP contribution in [0, 0.1) is 12.3 Å². The van der Waals surface area contributed by atoms with Gasteiger partial charge in [-0.2, -0.15) is 0 Å². The Morgan fingerprint density at radius 2 is 2.08 bits per heavy atom. The van der Waals surface area contributed by atoms with Gasteiger partial charge in [-0.3, -0.25) is 15.2 Å². The van der Waals surface area contributed by atoms with Crippen molar-refractivity contribution in [2.45, 2.75) is 13.5 Å². The number of fused-ring (bicyclic) bond motifs is 1. The smallest absolute Gasteiger partial charge is 0.261 e. The Kier molecular flexibility index (Phi) is 4.33. The number of benzene rings is 1. The van der Waals surface area contributed by atoms with Gasteiger partial charge in [-0.25, -0.2) is 0 Å². The Morgan fingerprint density at radius 1 is 1.38 bits per heavy atom. The number of aryl methyl sites for hydroxylation is 1. The van der Waals surface area contributed by atoms with Gasteiger partial charge in [0.05, 0.1) is 12.3 Å². The topological polar surface area (TPSA) is 99.2 Å². The molecule has 3 N–H and O–H groups in total. The van der Waals surface area contributed by atoms with Crippen LogP contribution in [0.15, 0.2) is 40.9 Å². The Morgan fingerprint density at radius 3 is 2.75 bits per heavy atom. The van der Waals surface area contributed by atoms with Gasteiger partial charge in [-0.15, -0.1) is 0 Å². The molecular formula is C17H14ClN3O3. The summed E-state index contributed by atoms with van der Waals surface area (Å²) in [4.78, 5) is 16.6. The number of aliphatic hydroxyl groups excluding tert-OH is 1. The fourth-order valence-corrected chi connectivity index (χ4v) is 2.45. The molecule has 122 valence electrons. The lowest BCUT2D eigenvalue weighted by Gasteiger charge is -2.09. The second kappa shape index (κ2) is 6.43. The highest BCUT2D eigenvalue weighted by Gasteiger charge is 2.15. The Hall–Kier alpha value is -2.70. The summed E-state index contributed by atoms with van der Waals surface area (Å²) < 4.78 is 5.46. The van der Waals surface area contributed by atoms with E-state index in [1.165, 1.54) is 12.3 Å². The second-order valence-corrected chi connectivity index (χ2v) is 5.66. The molecule has 1 amide bonds. The molecule has 0 unspecified atom stereocenters. The highest BCUT2D eigenvalue weighted by molar-refractivity contribution is 6.30. The van der Waals surface area contributed by atoms with Crippen molar-refractivity contribution in [3.8, 4) is 0 Å². The average molecular weight is 344 g/mol. The first-order chi connectivity index (χ1) is 11.5. The third-order valence-corrected chi connectivity index (χ3v) is 3.84. The van der Waals surface area contributed by atoms with E-state index in [-0.39, 0.29) is 17.7 Å². The van der Waals surface area contributed by atoms with Crippen LogP contribution in [0.1, 0.15) is 21.6 Å². The summed E-state index contributed by atoms with van der Waals surface area (Å²) in [5, 5.41) is 21.2. The lowest BCUT2D eigenvalue weighted by molar-refractivity contribution is 0.102. The Bertz CT molecular complexity index is 981. The zero-order valence-corrected chi connectivity index (χ0v) is 13.5. The number of hydrogen-bond acceptors (Lipinski definition) is 5. The predicted octanol–water partition coefficient (Wildman–Crippen LogP) is 3.01. The minimum atomic E-state index is -0.480. The van der Waals surface area contributed by atoms with Gasteiger partial charge < -0.3 is 14.8 Å². The summed E-state index contributed by atoms with van der Waals surface area (Å²) in [6.07, 6.45) is 1.53. The average Bonchev–Trinajstić information content (AvgIpc) is 2.57. The van der Waals surface area contributed by atoms with Gasteiger partial charge >= 0.3 is 0 Å². The van der Waals surface area contributed by atoms with E-state index >= 15 is 0 Å². The van der Waals surface area contributed by atoms with Crippen LogP contribution < -0.4 is 10.9 Å². The highest BCUT2D eigenvalue weighted by Crippen LogP contribution is 2.21. The number of carbonyl (C=O) groups is 1. The number of aromatic nitrogens is 1. The van der Waals surface area contributed by atoms with Gasteiger partial charge in [0, 0.05) is 27.9 Å². The number of nitrogens with zero attached hydrogens (tertiary/aromatic N) is 1. The highest BCUT2D eigenvalue weighted by atomic mass is 35.5. The van der Waals surface area contributed by atoms with Crippen molar-refractivity contribution in [2.75, 3.05) is 5.32 Å². The molecule has 24 heavy (non-hydrogen) atoms. The summed E-state index contributed by atoms with van der Waals surface area (Å²) >= 11 is 5.82. The summed E-state index contributed by atoms with van der Waals surface area (Å²) in [6, 6.07) is 8.17. The fraction of sp³-hybridized carbons (Fsp3) is 0.118. The van der Waals surface area contributed by atoms with E-state index in [9.17, 15) is 9.90 Å². The first-order valence-corrected chi connectivity index (χ1v) is 7.52. The van der Waals surface area contributed by atoms with Crippen molar-refractivity contribution in [3.05, 3.63) is 63.9 Å². The van der Waals surface area contributed by atoms with Gasteiger partial charge in [-0.1, -0.05) is 11.6 Å². The monoisotopic (exact) mass is 343 g/mol. The van der Waals surface area contributed by atoms with E-state index in [0.717, 1.165) is 0 Å². The fourth-order valence-electron chi connectivity index (χ4n) is 2.32. The predicted molar refractivity (Wildman–Crippen MR) is 89.9 cm³/mol. The molecule has 7 heteroatoms. The maximum Gasteiger partial charge on any atom is 0.261 e. The van der Waals surface area contributed by atoms with Crippen LogP contribution in [0.5, 0.6) is 0 Å². The molecule has 2 heterocycles. The van der Waals surface area contributed by atoms with Crippen molar-refractivity contribution in [1.29, 1.82) is 5.41 Å². The van der Waals surface area contributed by atoms with Gasteiger partial charge in [-0.05, 0) is 37.3 Å². The van der Waals surface area contributed by atoms with Crippen LogP contribution in [0.4, 0.5) is 5.69 Å². The van der Waals surface area contributed by atoms with Gasteiger partial charge in [0.25, 0.3) is 5.91 Å². The molecule has 0 radical (unpaired) electrons. The minimum absolute atomic E-state index is 0.0674. The first-order valence-electron chi connectivity index (χ1n) is 7.14. The summed E-state index contributed by atoms with van der Waals surface area (Å²) in [5.74, 6) is -0.480. The maximum atomic E-state index is 12.4. The number of aliphatic hydroxyl groups is 1. The number of rotatable bonds is 3. The normalized spacial score (nSPS) is 10.8. The maximum absolute atomic E-state index is 12.4. The van der Waals surface area contributed by atoms with E-state index in [4.69, 9.17) is 21.4 Å². The zero-order chi connectivity index (χ0) is 17.3. The standard InChI is InChI=1S/C17H14ClN3O3/c1-9-15-13(10(8-22)7-20-9)6-14(16(19)24-15)17(23)21-12-4-2-11(18)3-5-12/h2-7,19,22H,8H2,1H3,(H,21,23). The Labute approximate surface area is 142 Å². The molecule has 0 aliphatic rings. The quantitative estimate of drug-likeness (QED) is 0.680. The SMILES string of the molecule is Cc1ncc(CO)c2cc(C(=O)Nc3ccc(Cl)cc3)c(=N)oc12. The number of nitrogens with one attached hydrogen (secondary N) is 2. The van der Waals surface area contributed by atoms with Crippen molar-refractivity contribution in [1.82, 2.24) is 4.98 Å². The van der Waals surface area contributed by atoms with Crippen molar-refractivity contribution in [3.63, 3.8) is 0 Å². The van der Waals surface area contributed by atoms with E-state index < -0.39 is 5.91 Å². The van der Waals surface area contributed by atoms with Crippen molar-refractivity contribution in [2.24, 2.45) is 0 Å². The molecule has 0 fully saturated rings. The van der Waals surface area contributed by atoms with Gasteiger partial charge in [0.2, 0.25) is 5.55 Å². The van der Waals surface area contributed by atoms with E-state index in [1.54, 1.807) is 31.2 Å². The van der Waals surface area contributed by atoms with E-state index in [2.05, 4.69) is 10.3 Å². The van der Waals surface area contributed by atoms with E-state index in [1.807, 2.05) is 0 Å². The number of amides is 1. The van der Waals surface area contributed by atoms with Crippen LogP contribution in [0.25, 0.3) is 11.0 Å². The second-order valence-electron chi connectivity index (χ2n) is 5.22. The van der Waals surface area contributed by atoms with Gasteiger partial charge in [0.15, 0.2) is 5.58 Å². The summed E-state index contributed by atoms with van der Waals surface area (Å²) in [6.45, 7) is 1.49. The van der Waals surface area contributed by atoms with Crippen molar-refractivity contribution >= 4 is 34.2 Å². The van der Waals surface area contributed by atoms with Crippen LogP contribution in [-0.4, -0.2) is 16.0 Å². The van der Waals surface area contributed by atoms with Crippen LogP contribution >= 0.6 is 11.6 Å². The minimum Gasteiger partial charge on any atom is -0.436 e. The van der Waals surface area contributed by atoms with Crippen LogP contribution in [0.2, 0.25) is 5.02 Å². The molecule has 3 rings (SSSR count). The molecule has 0 atom stereocenters. The largest absolute Gasteiger partial charge is 0.436 e. The van der Waals surface area contributed by atoms with Crippen LogP contribution in [0.3, 0.4) is 0 Å². The molecule has 0 bridgehead atoms. The lowest BCUT2D eigenvalue weighted by Crippen LogP contribution is -2.21. The molecule has 0 saturated heterocycles. The molecule has 0 aliphatic heterocycles. The molecular weight excluding hydrogens is 330 g/mol.